The first-order valence-electron chi connectivity index (χ1n) is 9.83. The van der Waals surface area contributed by atoms with Crippen LogP contribution in [0.1, 0.15) is 5.76 Å². The molecule has 3 aromatic rings. The average molecular weight is 506 g/mol. The van der Waals surface area contributed by atoms with Crippen LogP contribution in [0.4, 0.5) is 4.39 Å². The summed E-state index contributed by atoms with van der Waals surface area (Å²) >= 11 is 6.13. The zero-order valence-corrected chi connectivity index (χ0v) is 19.4. The Morgan fingerprint density at radius 2 is 2.00 bits per heavy atom. The maximum atomic E-state index is 15.0. The van der Waals surface area contributed by atoms with Crippen molar-refractivity contribution < 1.29 is 26.8 Å². The van der Waals surface area contributed by atoms with Gasteiger partial charge in [-0.05, 0) is 23.8 Å². The van der Waals surface area contributed by atoms with Crippen LogP contribution in [0, 0.1) is 5.82 Å². The summed E-state index contributed by atoms with van der Waals surface area (Å²) in [6.45, 7) is 0.905. The van der Waals surface area contributed by atoms with E-state index >= 15 is 0 Å². The molecule has 1 N–H and O–H groups in total. The van der Waals surface area contributed by atoms with Crippen LogP contribution in [0.2, 0.25) is 0 Å². The molecule has 1 amide bonds. The van der Waals surface area contributed by atoms with Crippen molar-refractivity contribution in [2.24, 2.45) is 0 Å². The lowest BCUT2D eigenvalue weighted by Gasteiger charge is -2.26. The van der Waals surface area contributed by atoms with E-state index in [-0.39, 0.29) is 32.2 Å². The Bertz CT molecular complexity index is 1430. The molecule has 0 spiro atoms. The molecule has 2 aromatic heterocycles. The molecule has 2 aliphatic rings. The molecule has 2 saturated heterocycles. The topological polar surface area (TPSA) is 102 Å². The highest BCUT2D eigenvalue weighted by atomic mass is 32.2. The highest BCUT2D eigenvalue weighted by Gasteiger charge is 2.29. The summed E-state index contributed by atoms with van der Waals surface area (Å²) in [5, 5.41) is 3.19. The Labute approximate surface area is 197 Å². The number of morpholine rings is 1. The molecule has 2 fully saturated rings. The molecule has 0 atom stereocenters. The molecular formula is C21H16FN3O5S3. The number of furan rings is 1. The number of amides is 1. The molecule has 0 radical (unpaired) electrons. The molecule has 0 saturated carbocycles. The zero-order valence-electron chi connectivity index (χ0n) is 16.9. The third-order valence-electron chi connectivity index (χ3n) is 5.19. The highest BCUT2D eigenvalue weighted by Crippen LogP contribution is 2.34. The van der Waals surface area contributed by atoms with Crippen LogP contribution in [-0.2, 0) is 19.6 Å². The van der Waals surface area contributed by atoms with Crippen LogP contribution in [0.3, 0.4) is 0 Å². The van der Waals surface area contributed by atoms with Gasteiger partial charge in [0.25, 0.3) is 5.91 Å². The fraction of sp³-hybridized carbons (Fsp3) is 0.190. The van der Waals surface area contributed by atoms with Crippen molar-refractivity contribution in [1.29, 1.82) is 0 Å². The van der Waals surface area contributed by atoms with Crippen molar-refractivity contribution in [2.45, 2.75) is 4.90 Å². The SMILES string of the molecule is O=C1NC(=S)SC1=Cc1cc2cncc(-c3ccc(S(=O)(=O)N4CCOCC4)c(F)c3)c2o1. The molecule has 33 heavy (non-hydrogen) atoms. The van der Waals surface area contributed by atoms with Crippen LogP contribution in [-0.4, -0.2) is 54.2 Å². The molecule has 1 aromatic carbocycles. The van der Waals surface area contributed by atoms with Gasteiger partial charge >= 0.3 is 0 Å². The van der Waals surface area contributed by atoms with Crippen molar-refractivity contribution in [3.8, 4) is 11.1 Å². The lowest BCUT2D eigenvalue weighted by atomic mass is 10.1. The molecule has 0 unspecified atom stereocenters. The van der Waals surface area contributed by atoms with Crippen molar-refractivity contribution in [3.05, 3.63) is 53.1 Å². The van der Waals surface area contributed by atoms with Gasteiger partial charge in [0, 0.05) is 42.5 Å². The minimum atomic E-state index is -3.97. The van der Waals surface area contributed by atoms with Gasteiger partial charge in [-0.25, -0.2) is 12.8 Å². The first kappa shape index (κ1) is 22.2. The Kier molecular flexibility index (Phi) is 5.79. The number of hydrogen-bond acceptors (Lipinski definition) is 8. The number of benzene rings is 1. The molecule has 0 bridgehead atoms. The summed E-state index contributed by atoms with van der Waals surface area (Å²) < 4.78 is 53.3. The monoisotopic (exact) mass is 505 g/mol. The quantitative estimate of drug-likeness (QED) is 0.426. The summed E-state index contributed by atoms with van der Waals surface area (Å²) in [5.74, 6) is -0.756. The van der Waals surface area contributed by atoms with Gasteiger partial charge in [0.15, 0.2) is 0 Å². The van der Waals surface area contributed by atoms with E-state index in [0.717, 1.165) is 17.8 Å². The Morgan fingerprint density at radius 1 is 1.21 bits per heavy atom. The number of carbonyl (C=O) groups excluding carboxylic acids is 1. The number of hydrogen-bond donors (Lipinski definition) is 1. The van der Waals surface area contributed by atoms with E-state index in [0.29, 0.717) is 37.1 Å². The van der Waals surface area contributed by atoms with Crippen molar-refractivity contribution in [3.63, 3.8) is 0 Å². The fourth-order valence-electron chi connectivity index (χ4n) is 3.61. The number of halogens is 1. The van der Waals surface area contributed by atoms with E-state index in [1.165, 1.54) is 22.6 Å². The van der Waals surface area contributed by atoms with E-state index in [1.54, 1.807) is 18.3 Å². The van der Waals surface area contributed by atoms with Crippen LogP contribution >= 0.6 is 24.0 Å². The molecule has 2 aliphatic heterocycles. The zero-order chi connectivity index (χ0) is 23.2. The van der Waals surface area contributed by atoms with Crippen molar-refractivity contribution in [1.82, 2.24) is 14.6 Å². The van der Waals surface area contributed by atoms with E-state index in [9.17, 15) is 17.6 Å². The standard InChI is InChI=1S/C21H16FN3O5S3/c22-16-8-12(1-2-18(16)33(27,28)25-3-5-29-6-4-25)15-11-23-10-13-7-14(30-19(13)15)9-17-20(26)24-21(31)32-17/h1-2,7-11H,3-6H2,(H,24,26,31). The molecule has 0 aliphatic carbocycles. The number of thiocarbonyl (C=S) groups is 1. The average Bonchev–Trinajstić information content (AvgIpc) is 3.35. The van der Waals surface area contributed by atoms with Gasteiger partial charge < -0.3 is 14.5 Å². The predicted molar refractivity (Wildman–Crippen MR) is 125 cm³/mol. The summed E-state index contributed by atoms with van der Waals surface area (Å²) in [6, 6.07) is 5.64. The Morgan fingerprint density at radius 3 is 2.70 bits per heavy atom. The van der Waals surface area contributed by atoms with Crippen LogP contribution in [0.5, 0.6) is 0 Å². The fourth-order valence-corrected chi connectivity index (χ4v) is 6.09. The summed E-state index contributed by atoms with van der Waals surface area (Å²) in [6.07, 6.45) is 4.67. The van der Waals surface area contributed by atoms with E-state index in [2.05, 4.69) is 10.3 Å². The molecule has 170 valence electrons. The number of sulfonamides is 1. The third kappa shape index (κ3) is 4.20. The first-order valence-corrected chi connectivity index (χ1v) is 12.5. The van der Waals surface area contributed by atoms with Crippen LogP contribution < -0.4 is 5.32 Å². The number of aromatic nitrogens is 1. The van der Waals surface area contributed by atoms with Crippen molar-refractivity contribution in [2.75, 3.05) is 26.3 Å². The lowest BCUT2D eigenvalue weighted by Crippen LogP contribution is -2.40. The van der Waals surface area contributed by atoms with Gasteiger partial charge in [0.2, 0.25) is 10.0 Å². The number of ether oxygens (including phenoxy) is 1. The largest absolute Gasteiger partial charge is 0.456 e. The smallest absolute Gasteiger partial charge is 0.263 e. The van der Waals surface area contributed by atoms with Gasteiger partial charge in [-0.2, -0.15) is 4.31 Å². The summed E-state index contributed by atoms with van der Waals surface area (Å²) in [7, 11) is -3.97. The van der Waals surface area contributed by atoms with E-state index in [4.69, 9.17) is 21.4 Å². The first-order chi connectivity index (χ1) is 15.8. The maximum absolute atomic E-state index is 15.0. The molecular weight excluding hydrogens is 489 g/mol. The summed E-state index contributed by atoms with van der Waals surface area (Å²) in [5.41, 5.74) is 1.34. The minimum Gasteiger partial charge on any atom is -0.456 e. The number of nitrogens with zero attached hydrogens (tertiary/aromatic N) is 2. The third-order valence-corrected chi connectivity index (χ3v) is 8.28. The van der Waals surface area contributed by atoms with E-state index < -0.39 is 20.7 Å². The maximum Gasteiger partial charge on any atom is 0.263 e. The highest BCUT2D eigenvalue weighted by molar-refractivity contribution is 8.26. The van der Waals surface area contributed by atoms with Crippen LogP contribution in [0.25, 0.3) is 28.2 Å². The second-order valence-electron chi connectivity index (χ2n) is 7.27. The minimum absolute atomic E-state index is 0.179. The summed E-state index contributed by atoms with van der Waals surface area (Å²) in [4.78, 5) is 16.1. The molecule has 4 heterocycles. The number of rotatable bonds is 4. The molecule has 5 rings (SSSR count). The van der Waals surface area contributed by atoms with Gasteiger partial charge in [-0.1, -0.05) is 30.0 Å². The Hall–Kier alpha value is -2.64. The van der Waals surface area contributed by atoms with Gasteiger partial charge in [0.1, 0.15) is 26.4 Å². The van der Waals surface area contributed by atoms with Gasteiger partial charge in [-0.15, -0.1) is 0 Å². The lowest BCUT2D eigenvalue weighted by molar-refractivity contribution is -0.115. The number of carbonyl (C=O) groups is 1. The van der Waals surface area contributed by atoms with Gasteiger partial charge in [0.05, 0.1) is 18.1 Å². The second-order valence-corrected chi connectivity index (χ2v) is 10.9. The van der Waals surface area contributed by atoms with Gasteiger partial charge in [-0.3, -0.25) is 9.78 Å². The number of pyridine rings is 1. The molecule has 8 nitrogen and oxygen atoms in total. The number of thioether (sulfide) groups is 1. The molecule has 12 heteroatoms. The van der Waals surface area contributed by atoms with Crippen molar-refractivity contribution >= 4 is 61.3 Å². The van der Waals surface area contributed by atoms with Crippen LogP contribution in [0.15, 0.2) is 50.9 Å². The van der Waals surface area contributed by atoms with E-state index in [1.807, 2.05) is 0 Å². The Balaban J connectivity index is 1.51. The number of nitrogens with one attached hydrogen (secondary N) is 1. The predicted octanol–water partition coefficient (Wildman–Crippen LogP) is 3.14. The normalized spacial score (nSPS) is 18.9. The number of fused-ring (bicyclic) bond motifs is 1. The second kappa shape index (κ2) is 8.61.